The number of rotatable bonds is 4. The standard InChI is InChI=1S/C18H21NO4S/c1-10-8-15(12(3)23-10)11(2)19-16(20)5-4-14(18(21)22)17(19)13-6-7-24-9-13/h6-9,11,14,17H,4-5H2,1-3H3,(H,21,22). The van der Waals surface area contributed by atoms with Crippen LogP contribution in [0.5, 0.6) is 0 Å². The number of aryl methyl sites for hydroxylation is 2. The fourth-order valence-electron chi connectivity index (χ4n) is 3.68. The summed E-state index contributed by atoms with van der Waals surface area (Å²) in [7, 11) is 0. The van der Waals surface area contributed by atoms with E-state index in [0.717, 1.165) is 22.6 Å². The van der Waals surface area contributed by atoms with E-state index in [1.54, 1.807) is 4.90 Å². The summed E-state index contributed by atoms with van der Waals surface area (Å²) in [5.41, 5.74) is 1.83. The summed E-state index contributed by atoms with van der Waals surface area (Å²) in [6.07, 6.45) is 0.638. The third-order valence-electron chi connectivity index (χ3n) is 4.79. The first-order chi connectivity index (χ1) is 11.4. The van der Waals surface area contributed by atoms with Gasteiger partial charge in [-0.2, -0.15) is 11.3 Å². The molecule has 3 rings (SSSR count). The number of carbonyl (C=O) groups is 2. The second-order valence-electron chi connectivity index (χ2n) is 6.33. The molecule has 0 saturated carbocycles. The van der Waals surface area contributed by atoms with E-state index < -0.39 is 17.9 Å². The Bertz CT molecular complexity index is 749. The maximum atomic E-state index is 12.7. The lowest BCUT2D eigenvalue weighted by Crippen LogP contribution is -2.46. The van der Waals surface area contributed by atoms with Crippen LogP contribution in [0.1, 0.15) is 54.5 Å². The van der Waals surface area contributed by atoms with Crippen molar-refractivity contribution in [3.63, 3.8) is 0 Å². The highest BCUT2D eigenvalue weighted by molar-refractivity contribution is 7.08. The van der Waals surface area contributed by atoms with Gasteiger partial charge in [0.25, 0.3) is 0 Å². The number of piperidine rings is 1. The highest BCUT2D eigenvalue weighted by atomic mass is 32.1. The quantitative estimate of drug-likeness (QED) is 0.904. The molecule has 128 valence electrons. The molecule has 0 bridgehead atoms. The molecule has 0 aliphatic carbocycles. The van der Waals surface area contributed by atoms with Gasteiger partial charge in [-0.25, -0.2) is 0 Å². The van der Waals surface area contributed by atoms with Gasteiger partial charge in [0.1, 0.15) is 11.5 Å². The van der Waals surface area contributed by atoms with Crippen molar-refractivity contribution in [1.82, 2.24) is 4.90 Å². The molecular formula is C18H21NO4S. The number of furan rings is 1. The van der Waals surface area contributed by atoms with Crippen LogP contribution in [-0.4, -0.2) is 21.9 Å². The lowest BCUT2D eigenvalue weighted by molar-refractivity contribution is -0.154. The average molecular weight is 347 g/mol. The summed E-state index contributed by atoms with van der Waals surface area (Å²) in [5.74, 6) is 0.119. The zero-order valence-corrected chi connectivity index (χ0v) is 14.8. The normalized spacial score (nSPS) is 22.6. The Morgan fingerprint density at radius 1 is 1.46 bits per heavy atom. The summed E-state index contributed by atoms with van der Waals surface area (Å²) in [6.45, 7) is 5.69. The molecule has 3 unspecified atom stereocenters. The molecule has 1 aliphatic rings. The van der Waals surface area contributed by atoms with Crippen molar-refractivity contribution in [2.24, 2.45) is 5.92 Å². The molecule has 5 nitrogen and oxygen atoms in total. The zero-order chi connectivity index (χ0) is 17.4. The molecule has 3 atom stereocenters. The van der Waals surface area contributed by atoms with Crippen molar-refractivity contribution in [3.8, 4) is 0 Å². The second-order valence-corrected chi connectivity index (χ2v) is 7.11. The molecule has 6 heteroatoms. The van der Waals surface area contributed by atoms with E-state index in [9.17, 15) is 14.7 Å². The fourth-order valence-corrected chi connectivity index (χ4v) is 4.37. The number of nitrogens with zero attached hydrogens (tertiary/aromatic N) is 1. The molecule has 1 saturated heterocycles. The molecule has 0 spiro atoms. The predicted octanol–water partition coefficient (Wildman–Crippen LogP) is 4.08. The number of likely N-dealkylation sites (tertiary alicyclic amines) is 1. The Balaban J connectivity index is 2.05. The summed E-state index contributed by atoms with van der Waals surface area (Å²) in [5, 5.41) is 13.5. The summed E-state index contributed by atoms with van der Waals surface area (Å²) < 4.78 is 5.61. The van der Waals surface area contributed by atoms with Crippen LogP contribution >= 0.6 is 11.3 Å². The molecule has 1 N–H and O–H groups in total. The molecule has 2 aromatic rings. The largest absolute Gasteiger partial charge is 0.481 e. The third kappa shape index (κ3) is 2.86. The van der Waals surface area contributed by atoms with E-state index in [1.807, 2.05) is 43.7 Å². The van der Waals surface area contributed by atoms with E-state index in [1.165, 1.54) is 11.3 Å². The number of hydrogen-bond donors (Lipinski definition) is 1. The Labute approximate surface area is 144 Å². The van der Waals surface area contributed by atoms with Crippen LogP contribution in [0.3, 0.4) is 0 Å². The van der Waals surface area contributed by atoms with Crippen molar-refractivity contribution >= 4 is 23.2 Å². The van der Waals surface area contributed by atoms with E-state index in [4.69, 9.17) is 4.42 Å². The number of hydrogen-bond acceptors (Lipinski definition) is 4. The Morgan fingerprint density at radius 3 is 2.75 bits per heavy atom. The first-order valence-corrected chi connectivity index (χ1v) is 8.97. The highest BCUT2D eigenvalue weighted by Crippen LogP contribution is 2.43. The van der Waals surface area contributed by atoms with E-state index in [0.29, 0.717) is 6.42 Å². The first-order valence-electron chi connectivity index (χ1n) is 8.03. The van der Waals surface area contributed by atoms with Gasteiger partial charge in [-0.3, -0.25) is 9.59 Å². The van der Waals surface area contributed by atoms with Gasteiger partial charge in [0.15, 0.2) is 0 Å². The minimum absolute atomic E-state index is 0.00514. The minimum atomic E-state index is -0.851. The molecule has 24 heavy (non-hydrogen) atoms. The Kier molecular flexibility index (Phi) is 4.49. The van der Waals surface area contributed by atoms with Crippen LogP contribution < -0.4 is 0 Å². The van der Waals surface area contributed by atoms with Gasteiger partial charge in [-0.05, 0) is 55.6 Å². The van der Waals surface area contributed by atoms with E-state index >= 15 is 0 Å². The lowest BCUT2D eigenvalue weighted by atomic mass is 9.83. The summed E-state index contributed by atoms with van der Waals surface area (Å²) in [4.78, 5) is 26.2. The number of amides is 1. The van der Waals surface area contributed by atoms with Gasteiger partial charge in [0.2, 0.25) is 5.91 Å². The van der Waals surface area contributed by atoms with Crippen molar-refractivity contribution < 1.29 is 19.1 Å². The Morgan fingerprint density at radius 2 is 2.21 bits per heavy atom. The van der Waals surface area contributed by atoms with Crippen LogP contribution in [0.25, 0.3) is 0 Å². The molecule has 0 radical (unpaired) electrons. The predicted molar refractivity (Wildman–Crippen MR) is 90.9 cm³/mol. The third-order valence-corrected chi connectivity index (χ3v) is 5.49. The number of carbonyl (C=O) groups excluding carboxylic acids is 1. The van der Waals surface area contributed by atoms with Crippen LogP contribution in [0.4, 0.5) is 0 Å². The smallest absolute Gasteiger partial charge is 0.308 e. The van der Waals surface area contributed by atoms with Crippen molar-refractivity contribution in [3.05, 3.63) is 45.5 Å². The van der Waals surface area contributed by atoms with Gasteiger partial charge in [-0.15, -0.1) is 0 Å². The van der Waals surface area contributed by atoms with Crippen LogP contribution in [0.15, 0.2) is 27.3 Å². The van der Waals surface area contributed by atoms with E-state index in [2.05, 4.69) is 0 Å². The number of aliphatic carboxylic acids is 1. The highest BCUT2D eigenvalue weighted by Gasteiger charge is 2.43. The molecule has 3 heterocycles. The maximum Gasteiger partial charge on any atom is 0.308 e. The van der Waals surface area contributed by atoms with Crippen molar-refractivity contribution in [1.29, 1.82) is 0 Å². The van der Waals surface area contributed by atoms with Gasteiger partial charge in [0, 0.05) is 12.0 Å². The molecular weight excluding hydrogens is 326 g/mol. The van der Waals surface area contributed by atoms with E-state index in [-0.39, 0.29) is 18.4 Å². The van der Waals surface area contributed by atoms with Crippen LogP contribution in [0, 0.1) is 19.8 Å². The number of thiophene rings is 1. The Hall–Kier alpha value is -2.08. The molecule has 1 amide bonds. The minimum Gasteiger partial charge on any atom is -0.481 e. The van der Waals surface area contributed by atoms with Gasteiger partial charge in [0.05, 0.1) is 18.0 Å². The number of carboxylic acids is 1. The van der Waals surface area contributed by atoms with Crippen molar-refractivity contribution in [2.45, 2.75) is 45.7 Å². The molecule has 2 aromatic heterocycles. The second kappa shape index (κ2) is 6.43. The van der Waals surface area contributed by atoms with Gasteiger partial charge >= 0.3 is 5.97 Å². The summed E-state index contributed by atoms with van der Waals surface area (Å²) in [6, 6.07) is 3.17. The van der Waals surface area contributed by atoms with Crippen LogP contribution in [0.2, 0.25) is 0 Å². The molecule has 1 fully saturated rings. The fraction of sp³-hybridized carbons (Fsp3) is 0.444. The van der Waals surface area contributed by atoms with Gasteiger partial charge < -0.3 is 14.4 Å². The molecule has 1 aliphatic heterocycles. The van der Waals surface area contributed by atoms with Gasteiger partial charge in [-0.1, -0.05) is 0 Å². The molecule has 0 aromatic carbocycles. The first kappa shape index (κ1) is 16.8. The lowest BCUT2D eigenvalue weighted by Gasteiger charge is -2.42. The topological polar surface area (TPSA) is 70.8 Å². The zero-order valence-electron chi connectivity index (χ0n) is 14.0. The SMILES string of the molecule is Cc1cc(C(C)N2C(=O)CCC(C(=O)O)C2c2ccsc2)c(C)o1. The maximum absolute atomic E-state index is 12.7. The number of carboxylic acid groups (broad SMARTS) is 1. The average Bonchev–Trinajstić information content (AvgIpc) is 3.15. The van der Waals surface area contributed by atoms with Crippen LogP contribution in [-0.2, 0) is 9.59 Å². The summed E-state index contributed by atoms with van der Waals surface area (Å²) >= 11 is 1.52. The van der Waals surface area contributed by atoms with Crippen molar-refractivity contribution in [2.75, 3.05) is 0 Å². The monoisotopic (exact) mass is 347 g/mol.